The van der Waals surface area contributed by atoms with E-state index in [0.717, 1.165) is 0 Å². The lowest BCUT2D eigenvalue weighted by atomic mass is 9.94. The maximum atomic E-state index is 12.5. The number of carbonyl (C=O) groups is 3. The molecule has 6 nitrogen and oxygen atoms in total. The minimum absolute atomic E-state index is 0.0962. The average Bonchev–Trinajstić information content (AvgIpc) is 2.38. The third kappa shape index (κ3) is 3.02. The number of hydrogen-bond acceptors (Lipinski definition) is 6. The molecule has 9 heteroatoms. The van der Waals surface area contributed by atoms with E-state index in [-0.39, 0.29) is 12.6 Å². The van der Waals surface area contributed by atoms with E-state index in [0.29, 0.717) is 6.92 Å². The number of benzene rings is 1. The Morgan fingerprint density at radius 1 is 1.05 bits per heavy atom. The van der Waals surface area contributed by atoms with E-state index < -0.39 is 58.2 Å². The van der Waals surface area contributed by atoms with Crippen LogP contribution in [-0.2, 0) is 0 Å². The summed E-state index contributed by atoms with van der Waals surface area (Å²) in [5, 5.41) is 28.9. The number of phenolic OH excluding ortho intramolecular Hbond substituents is 3. The predicted molar refractivity (Wildman–Crippen MR) is 66.4 cm³/mol. The molecule has 0 saturated heterocycles. The van der Waals surface area contributed by atoms with Crippen molar-refractivity contribution in [3.8, 4) is 17.2 Å². The first-order valence-corrected chi connectivity index (χ1v) is 5.87. The molecule has 0 aliphatic rings. The second-order valence-corrected chi connectivity index (χ2v) is 4.55. The Morgan fingerprint density at radius 2 is 1.45 bits per heavy atom. The lowest BCUT2D eigenvalue weighted by Gasteiger charge is -2.17. The van der Waals surface area contributed by atoms with Crippen molar-refractivity contribution in [3.63, 3.8) is 0 Å². The third-order valence-electron chi connectivity index (χ3n) is 3.06. The highest BCUT2D eigenvalue weighted by Gasteiger charge is 2.38. The largest absolute Gasteiger partial charge is 0.506 e. The monoisotopic (exact) mass is 320 g/mol. The van der Waals surface area contributed by atoms with E-state index in [1.54, 1.807) is 0 Å². The Balaban J connectivity index is 3.44. The molecular weight excluding hydrogens is 309 g/mol. The van der Waals surface area contributed by atoms with Gasteiger partial charge >= 0.3 is 6.18 Å². The van der Waals surface area contributed by atoms with E-state index in [1.807, 2.05) is 0 Å². The van der Waals surface area contributed by atoms with E-state index >= 15 is 0 Å². The van der Waals surface area contributed by atoms with Gasteiger partial charge < -0.3 is 15.3 Å². The Labute approximate surface area is 121 Å². The maximum Gasteiger partial charge on any atom is 0.391 e. The molecule has 1 unspecified atom stereocenters. The van der Waals surface area contributed by atoms with Gasteiger partial charge in [0.1, 0.15) is 22.8 Å². The summed E-state index contributed by atoms with van der Waals surface area (Å²) in [6.07, 6.45) is -5.99. The zero-order valence-corrected chi connectivity index (χ0v) is 11.1. The molecule has 0 amide bonds. The number of carbonyl (C=O) groups excluding carboxylic acids is 3. The fraction of sp³-hybridized carbons (Fsp3) is 0.308. The van der Waals surface area contributed by atoms with Crippen LogP contribution in [0.5, 0.6) is 17.2 Å². The molecule has 0 aromatic heterocycles. The molecule has 1 atom stereocenters. The average molecular weight is 320 g/mol. The van der Waals surface area contributed by atoms with Gasteiger partial charge in [-0.25, -0.2) is 0 Å². The number of Topliss-reactive ketones (excluding diaryl/α,β-unsaturated/α-hetero) is 1. The highest BCUT2D eigenvalue weighted by molar-refractivity contribution is 6.08. The molecule has 0 bridgehead atoms. The molecule has 0 heterocycles. The topological polar surface area (TPSA) is 112 Å². The van der Waals surface area contributed by atoms with Gasteiger partial charge in [-0.1, -0.05) is 6.92 Å². The third-order valence-corrected chi connectivity index (χ3v) is 3.06. The number of halogens is 3. The van der Waals surface area contributed by atoms with Gasteiger partial charge in [0.15, 0.2) is 18.4 Å². The van der Waals surface area contributed by atoms with Crippen molar-refractivity contribution in [1.29, 1.82) is 0 Å². The van der Waals surface area contributed by atoms with E-state index in [4.69, 9.17) is 0 Å². The summed E-state index contributed by atoms with van der Waals surface area (Å²) < 4.78 is 37.4. The molecule has 0 fully saturated rings. The predicted octanol–water partition coefficient (Wildman–Crippen LogP) is 2.20. The molecule has 0 aliphatic heterocycles. The Hall–Kier alpha value is -2.58. The molecule has 1 aromatic rings. The van der Waals surface area contributed by atoms with Crippen LogP contribution >= 0.6 is 0 Å². The summed E-state index contributed by atoms with van der Waals surface area (Å²) in [5.41, 5.74) is -2.76. The lowest BCUT2D eigenvalue weighted by Crippen LogP contribution is -2.23. The maximum absolute atomic E-state index is 12.5. The van der Waals surface area contributed by atoms with Crippen molar-refractivity contribution in [2.45, 2.75) is 19.5 Å². The quantitative estimate of drug-likeness (QED) is 0.566. The van der Waals surface area contributed by atoms with Crippen LogP contribution in [0.2, 0.25) is 0 Å². The zero-order chi connectivity index (χ0) is 17.2. The van der Waals surface area contributed by atoms with Crippen LogP contribution in [0.3, 0.4) is 0 Å². The van der Waals surface area contributed by atoms with Crippen LogP contribution in [0.4, 0.5) is 13.2 Å². The van der Waals surface area contributed by atoms with Crippen LogP contribution < -0.4 is 0 Å². The van der Waals surface area contributed by atoms with E-state index in [9.17, 15) is 42.9 Å². The standard InChI is InChI=1S/C13H11F3O6/c1-5(13(14,15)16)2-8(19)9-11(21)6(3-17)10(20)7(4-18)12(9)22/h3-5,20-22H,2H2,1H3. The fourth-order valence-electron chi connectivity index (χ4n) is 1.73. The number of alkyl halides is 3. The molecule has 0 spiro atoms. The number of rotatable bonds is 5. The summed E-state index contributed by atoms with van der Waals surface area (Å²) in [6, 6.07) is 0. The van der Waals surface area contributed by atoms with Gasteiger partial charge in [0.25, 0.3) is 0 Å². The summed E-state index contributed by atoms with van der Waals surface area (Å²) in [7, 11) is 0. The van der Waals surface area contributed by atoms with Crippen LogP contribution in [0.15, 0.2) is 0 Å². The lowest BCUT2D eigenvalue weighted by molar-refractivity contribution is -0.168. The molecule has 0 saturated carbocycles. The van der Waals surface area contributed by atoms with E-state index in [2.05, 4.69) is 0 Å². The first kappa shape index (κ1) is 17.5. The number of aromatic hydroxyl groups is 3. The normalized spacial score (nSPS) is 12.7. The Kier molecular flexibility index (Phi) is 4.80. The molecule has 1 aromatic carbocycles. The van der Waals surface area contributed by atoms with Gasteiger partial charge in [-0.3, -0.25) is 14.4 Å². The van der Waals surface area contributed by atoms with E-state index in [1.165, 1.54) is 0 Å². The van der Waals surface area contributed by atoms with Crippen molar-refractivity contribution in [3.05, 3.63) is 16.7 Å². The van der Waals surface area contributed by atoms with Gasteiger partial charge in [0, 0.05) is 6.42 Å². The van der Waals surface area contributed by atoms with Crippen LogP contribution in [0, 0.1) is 5.92 Å². The molecule has 120 valence electrons. The van der Waals surface area contributed by atoms with Gasteiger partial charge in [-0.05, 0) is 0 Å². The van der Waals surface area contributed by atoms with Crippen molar-refractivity contribution in [1.82, 2.24) is 0 Å². The summed E-state index contributed by atoms with van der Waals surface area (Å²) in [4.78, 5) is 33.4. The molecule has 1 rings (SSSR count). The SMILES string of the molecule is CC(CC(=O)c1c(O)c(C=O)c(O)c(C=O)c1O)C(F)(F)F. The minimum atomic E-state index is -4.68. The number of hydrogen-bond donors (Lipinski definition) is 3. The molecule has 0 aliphatic carbocycles. The van der Waals surface area contributed by atoms with Crippen LogP contribution in [-0.4, -0.2) is 39.9 Å². The Morgan fingerprint density at radius 3 is 1.77 bits per heavy atom. The summed E-state index contributed by atoms with van der Waals surface area (Å²) in [6.45, 7) is 0.716. The molecule has 3 N–H and O–H groups in total. The number of phenols is 3. The Bertz CT molecular complexity index is 601. The first-order valence-electron chi connectivity index (χ1n) is 5.87. The number of aldehydes is 2. The zero-order valence-electron chi connectivity index (χ0n) is 11.1. The van der Waals surface area contributed by atoms with Crippen molar-refractivity contribution in [2.24, 2.45) is 5.92 Å². The second-order valence-electron chi connectivity index (χ2n) is 4.55. The molecular formula is C13H11F3O6. The van der Waals surface area contributed by atoms with Gasteiger partial charge in [-0.15, -0.1) is 0 Å². The molecule has 22 heavy (non-hydrogen) atoms. The van der Waals surface area contributed by atoms with Crippen LogP contribution in [0.25, 0.3) is 0 Å². The fourth-order valence-corrected chi connectivity index (χ4v) is 1.73. The summed E-state index contributed by atoms with van der Waals surface area (Å²) in [5.74, 6) is -6.84. The number of ketones is 1. The van der Waals surface area contributed by atoms with Gasteiger partial charge in [-0.2, -0.15) is 13.2 Å². The minimum Gasteiger partial charge on any atom is -0.506 e. The van der Waals surface area contributed by atoms with Gasteiger partial charge in [0.05, 0.1) is 17.0 Å². The highest BCUT2D eigenvalue weighted by Crippen LogP contribution is 2.41. The summed E-state index contributed by atoms with van der Waals surface area (Å²) >= 11 is 0. The first-order chi connectivity index (χ1) is 10.1. The second kappa shape index (κ2) is 6.04. The van der Waals surface area contributed by atoms with Crippen molar-refractivity contribution < 1.29 is 42.9 Å². The van der Waals surface area contributed by atoms with Crippen molar-refractivity contribution >= 4 is 18.4 Å². The smallest absolute Gasteiger partial charge is 0.391 e. The van der Waals surface area contributed by atoms with Gasteiger partial charge in [0.2, 0.25) is 0 Å². The van der Waals surface area contributed by atoms with Crippen LogP contribution in [0.1, 0.15) is 44.4 Å². The van der Waals surface area contributed by atoms with Crippen molar-refractivity contribution in [2.75, 3.05) is 0 Å². The molecule has 0 radical (unpaired) electrons. The highest BCUT2D eigenvalue weighted by atomic mass is 19.4.